The molecule has 0 spiro atoms. The molecule has 0 aliphatic carbocycles. The Hall–Kier alpha value is -2.13. The molecular formula is C16H18N2O. The summed E-state index contributed by atoms with van der Waals surface area (Å²) in [5.41, 5.74) is 8.68. The number of hydrogen-bond donors (Lipinski definition) is 1. The Bertz CT molecular complexity index is 641. The fraction of sp³-hybridized carbons (Fsp3) is 0.188. The third-order valence-corrected chi connectivity index (χ3v) is 2.90. The molecule has 2 aromatic rings. The van der Waals surface area contributed by atoms with Crippen molar-refractivity contribution in [2.24, 2.45) is 5.73 Å². The van der Waals surface area contributed by atoms with E-state index in [-0.39, 0.29) is 5.56 Å². The molecule has 0 unspecified atom stereocenters. The van der Waals surface area contributed by atoms with Crippen LogP contribution in [-0.2, 0) is 6.54 Å². The van der Waals surface area contributed by atoms with Gasteiger partial charge in [-0.05, 0) is 24.1 Å². The second kappa shape index (κ2) is 6.16. The minimum Gasteiger partial charge on any atom is -0.329 e. The maximum atomic E-state index is 11.8. The highest BCUT2D eigenvalue weighted by Gasteiger charge is 1.95. The summed E-state index contributed by atoms with van der Waals surface area (Å²) in [6.45, 7) is 3.09. The lowest BCUT2D eigenvalue weighted by Gasteiger charge is -2.03. The van der Waals surface area contributed by atoms with E-state index in [1.54, 1.807) is 16.8 Å². The summed E-state index contributed by atoms with van der Waals surface area (Å²) < 4.78 is 1.62. The minimum atomic E-state index is -0.0168. The molecule has 2 N–H and O–H groups in total. The monoisotopic (exact) mass is 254 g/mol. The first-order valence-corrected chi connectivity index (χ1v) is 6.34. The molecule has 0 saturated carbocycles. The number of hydrogen-bond acceptors (Lipinski definition) is 2. The van der Waals surface area contributed by atoms with E-state index >= 15 is 0 Å². The molecule has 19 heavy (non-hydrogen) atoms. The van der Waals surface area contributed by atoms with Crippen LogP contribution in [-0.4, -0.2) is 11.1 Å². The van der Waals surface area contributed by atoms with Crippen LogP contribution in [0, 0.1) is 6.92 Å². The molecule has 1 aromatic carbocycles. The van der Waals surface area contributed by atoms with E-state index in [1.807, 2.05) is 30.4 Å². The summed E-state index contributed by atoms with van der Waals surface area (Å²) in [5, 5.41) is 0. The second-order valence-electron chi connectivity index (χ2n) is 4.53. The lowest BCUT2D eigenvalue weighted by molar-refractivity contribution is 0.680. The maximum absolute atomic E-state index is 11.8. The Balaban J connectivity index is 2.20. The van der Waals surface area contributed by atoms with Crippen LogP contribution in [0.25, 0.3) is 12.2 Å². The van der Waals surface area contributed by atoms with E-state index in [1.165, 1.54) is 5.56 Å². The Morgan fingerprint density at radius 2 is 1.89 bits per heavy atom. The van der Waals surface area contributed by atoms with Gasteiger partial charge < -0.3 is 10.3 Å². The van der Waals surface area contributed by atoms with Crippen LogP contribution in [0.1, 0.15) is 16.7 Å². The summed E-state index contributed by atoms with van der Waals surface area (Å²) >= 11 is 0. The number of nitrogens with zero attached hydrogens (tertiary/aromatic N) is 1. The van der Waals surface area contributed by atoms with Gasteiger partial charge in [0.05, 0.1) is 0 Å². The predicted octanol–water partition coefficient (Wildman–Crippen LogP) is 2.29. The minimum absolute atomic E-state index is 0.0168. The summed E-state index contributed by atoms with van der Waals surface area (Å²) in [6, 6.07) is 11.8. The fourth-order valence-corrected chi connectivity index (χ4v) is 1.92. The van der Waals surface area contributed by atoms with Crippen molar-refractivity contribution in [3.8, 4) is 0 Å². The Labute approximate surface area is 113 Å². The summed E-state index contributed by atoms with van der Waals surface area (Å²) in [7, 11) is 0. The molecule has 1 aromatic heterocycles. The van der Waals surface area contributed by atoms with E-state index in [9.17, 15) is 4.79 Å². The smallest absolute Gasteiger partial charge is 0.251 e. The van der Waals surface area contributed by atoms with Crippen molar-refractivity contribution in [2.45, 2.75) is 13.5 Å². The first kappa shape index (κ1) is 13.3. The quantitative estimate of drug-likeness (QED) is 0.910. The SMILES string of the molecule is Cc1cccc(/C=C/c2ccn(CCN)c(=O)c2)c1. The topological polar surface area (TPSA) is 48.0 Å². The molecule has 3 heteroatoms. The number of aryl methyl sites for hydroxylation is 1. The molecule has 0 bridgehead atoms. The molecule has 0 aliphatic rings. The molecular weight excluding hydrogens is 236 g/mol. The average molecular weight is 254 g/mol. The van der Waals surface area contributed by atoms with Crippen molar-refractivity contribution in [1.29, 1.82) is 0 Å². The van der Waals surface area contributed by atoms with E-state index in [0.29, 0.717) is 13.1 Å². The zero-order valence-corrected chi connectivity index (χ0v) is 11.0. The van der Waals surface area contributed by atoms with Crippen LogP contribution < -0.4 is 11.3 Å². The lowest BCUT2D eigenvalue weighted by atomic mass is 10.1. The number of benzene rings is 1. The van der Waals surface area contributed by atoms with E-state index < -0.39 is 0 Å². The van der Waals surface area contributed by atoms with Crippen molar-refractivity contribution in [3.05, 3.63) is 69.6 Å². The first-order chi connectivity index (χ1) is 9.19. The zero-order chi connectivity index (χ0) is 13.7. The number of aromatic nitrogens is 1. The van der Waals surface area contributed by atoms with Gasteiger partial charge in [0.15, 0.2) is 0 Å². The van der Waals surface area contributed by atoms with Crippen LogP contribution >= 0.6 is 0 Å². The lowest BCUT2D eigenvalue weighted by Crippen LogP contribution is -2.22. The average Bonchev–Trinajstić information content (AvgIpc) is 2.39. The van der Waals surface area contributed by atoms with Crippen molar-refractivity contribution in [1.82, 2.24) is 4.57 Å². The highest BCUT2D eigenvalue weighted by molar-refractivity contribution is 5.69. The van der Waals surface area contributed by atoms with Gasteiger partial charge in [0, 0.05) is 25.4 Å². The van der Waals surface area contributed by atoms with E-state index in [2.05, 4.69) is 19.1 Å². The van der Waals surface area contributed by atoms with E-state index in [4.69, 9.17) is 5.73 Å². The third kappa shape index (κ3) is 3.66. The van der Waals surface area contributed by atoms with Crippen LogP contribution in [0.4, 0.5) is 0 Å². The van der Waals surface area contributed by atoms with Crippen LogP contribution in [0.5, 0.6) is 0 Å². The Morgan fingerprint density at radius 1 is 1.16 bits per heavy atom. The van der Waals surface area contributed by atoms with Gasteiger partial charge in [-0.1, -0.05) is 42.0 Å². The van der Waals surface area contributed by atoms with Gasteiger partial charge in [-0.15, -0.1) is 0 Å². The molecule has 0 aliphatic heterocycles. The largest absolute Gasteiger partial charge is 0.329 e. The molecule has 0 saturated heterocycles. The summed E-state index contributed by atoms with van der Waals surface area (Å²) in [4.78, 5) is 11.8. The van der Waals surface area contributed by atoms with Gasteiger partial charge in [0.2, 0.25) is 0 Å². The second-order valence-corrected chi connectivity index (χ2v) is 4.53. The number of pyridine rings is 1. The van der Waals surface area contributed by atoms with Crippen LogP contribution in [0.2, 0.25) is 0 Å². The highest BCUT2D eigenvalue weighted by atomic mass is 16.1. The first-order valence-electron chi connectivity index (χ1n) is 6.34. The van der Waals surface area contributed by atoms with Crippen molar-refractivity contribution < 1.29 is 0 Å². The highest BCUT2D eigenvalue weighted by Crippen LogP contribution is 2.08. The molecule has 98 valence electrons. The molecule has 0 atom stereocenters. The van der Waals surface area contributed by atoms with Gasteiger partial charge in [-0.3, -0.25) is 4.79 Å². The van der Waals surface area contributed by atoms with E-state index in [0.717, 1.165) is 11.1 Å². The Morgan fingerprint density at radius 3 is 2.53 bits per heavy atom. The maximum Gasteiger partial charge on any atom is 0.251 e. The molecule has 3 nitrogen and oxygen atoms in total. The van der Waals surface area contributed by atoms with Crippen LogP contribution in [0.3, 0.4) is 0 Å². The Kier molecular flexibility index (Phi) is 4.31. The third-order valence-electron chi connectivity index (χ3n) is 2.90. The van der Waals surface area contributed by atoms with Crippen molar-refractivity contribution in [2.75, 3.05) is 6.54 Å². The number of nitrogens with two attached hydrogens (primary N) is 1. The normalized spacial score (nSPS) is 11.1. The molecule has 1 heterocycles. The molecule has 2 rings (SSSR count). The van der Waals surface area contributed by atoms with Gasteiger partial charge in [0.1, 0.15) is 0 Å². The fourth-order valence-electron chi connectivity index (χ4n) is 1.92. The van der Waals surface area contributed by atoms with Crippen LogP contribution in [0.15, 0.2) is 47.4 Å². The number of rotatable bonds is 4. The van der Waals surface area contributed by atoms with Crippen molar-refractivity contribution in [3.63, 3.8) is 0 Å². The van der Waals surface area contributed by atoms with Gasteiger partial charge in [-0.2, -0.15) is 0 Å². The van der Waals surface area contributed by atoms with Gasteiger partial charge >= 0.3 is 0 Å². The van der Waals surface area contributed by atoms with Crippen molar-refractivity contribution >= 4 is 12.2 Å². The standard InChI is InChI=1S/C16H18N2O/c1-13-3-2-4-14(11-13)5-6-15-7-9-18(10-8-17)16(19)12-15/h2-7,9,11-12H,8,10,17H2,1H3/b6-5+. The predicted molar refractivity (Wildman–Crippen MR) is 79.9 cm³/mol. The zero-order valence-electron chi connectivity index (χ0n) is 11.0. The van der Waals surface area contributed by atoms with Gasteiger partial charge in [-0.25, -0.2) is 0 Å². The summed E-state index contributed by atoms with van der Waals surface area (Å²) in [6.07, 6.45) is 5.74. The molecule has 0 radical (unpaired) electrons. The summed E-state index contributed by atoms with van der Waals surface area (Å²) in [5.74, 6) is 0. The molecule has 0 fully saturated rings. The molecule has 0 amide bonds. The van der Waals surface area contributed by atoms with Gasteiger partial charge in [0.25, 0.3) is 5.56 Å².